The molecule has 13 heteroatoms. The number of likely N-dealkylation sites (tertiary alicyclic amines) is 1. The van der Waals surface area contributed by atoms with Crippen molar-refractivity contribution in [2.24, 2.45) is 5.14 Å². The summed E-state index contributed by atoms with van der Waals surface area (Å²) in [6, 6.07) is 11.5. The number of hydrogen-bond acceptors (Lipinski definition) is 7. The zero-order valence-corrected chi connectivity index (χ0v) is 20.6. The number of sulfonamides is 1. The molecule has 7 nitrogen and oxygen atoms in total. The van der Waals surface area contributed by atoms with Gasteiger partial charge in [-0.25, -0.2) is 22.0 Å². The van der Waals surface area contributed by atoms with Crippen LogP contribution < -0.4 is 10.5 Å². The van der Waals surface area contributed by atoms with E-state index in [1.54, 1.807) is 0 Å². The number of nitrogens with one attached hydrogen (secondary N) is 1. The van der Waals surface area contributed by atoms with Crippen LogP contribution in [0.3, 0.4) is 0 Å². The molecule has 1 heterocycles. The second kappa shape index (κ2) is 10.9. The molecule has 0 saturated carbocycles. The predicted octanol–water partition coefficient (Wildman–Crippen LogP) is 3.69. The molecule has 0 radical (unpaired) electrons. The Morgan fingerprint density at radius 2 is 1.68 bits per heavy atom. The number of alkyl halides is 3. The highest BCUT2D eigenvalue weighted by Crippen LogP contribution is 2.36. The molecule has 1 aliphatic rings. The molecular formula is C21H26F3N3O4S3. The van der Waals surface area contributed by atoms with Gasteiger partial charge in [0.25, 0.3) is 9.84 Å². The summed E-state index contributed by atoms with van der Waals surface area (Å²) in [6.45, 7) is 2.58. The monoisotopic (exact) mass is 537 g/mol. The summed E-state index contributed by atoms with van der Waals surface area (Å²) in [7, 11) is -10.2. The fourth-order valence-electron chi connectivity index (χ4n) is 3.62. The Kier molecular flexibility index (Phi) is 8.56. The van der Waals surface area contributed by atoms with Gasteiger partial charge in [-0.15, -0.1) is 11.8 Å². The standard InChI is InChI=1S/C21H26F3N3O4S3/c22-21(23,24)33(28,29)20-14-18(34(25,30)31)8-9-19(20)26-16(10-13-27-11-4-5-12-27)15-32-17-6-2-1-3-7-17/h1-3,6-9,14,16,26H,4-5,10-13,15H2,(H2,25,30,31). The highest BCUT2D eigenvalue weighted by Gasteiger charge is 2.48. The Labute approximate surface area is 201 Å². The maximum Gasteiger partial charge on any atom is 0.501 e. The number of thioether (sulfide) groups is 1. The van der Waals surface area contributed by atoms with E-state index in [1.807, 2.05) is 30.3 Å². The summed E-state index contributed by atoms with van der Waals surface area (Å²) in [5.74, 6) is 0.459. The molecule has 1 fully saturated rings. The first-order valence-corrected chi connectivity index (χ1v) is 14.5. The Morgan fingerprint density at radius 3 is 2.26 bits per heavy atom. The van der Waals surface area contributed by atoms with E-state index in [4.69, 9.17) is 5.14 Å². The van der Waals surface area contributed by atoms with Gasteiger partial charge in [0.1, 0.15) is 4.90 Å². The number of benzene rings is 2. The summed E-state index contributed by atoms with van der Waals surface area (Å²) >= 11 is 1.49. The van der Waals surface area contributed by atoms with Crippen LogP contribution in [0.2, 0.25) is 0 Å². The first-order valence-electron chi connectivity index (χ1n) is 10.5. The summed E-state index contributed by atoms with van der Waals surface area (Å²) in [5.41, 5.74) is -5.92. The topological polar surface area (TPSA) is 110 Å². The number of nitrogens with zero attached hydrogens (tertiary/aromatic N) is 1. The highest BCUT2D eigenvalue weighted by atomic mass is 32.2. The molecule has 2 aromatic rings. The number of rotatable bonds is 10. The number of hydrogen-bond donors (Lipinski definition) is 2. The average Bonchev–Trinajstić information content (AvgIpc) is 3.28. The molecule has 3 rings (SSSR count). The van der Waals surface area contributed by atoms with Gasteiger partial charge in [0.15, 0.2) is 0 Å². The number of nitrogens with two attached hydrogens (primary N) is 1. The third kappa shape index (κ3) is 6.87. The van der Waals surface area contributed by atoms with Crippen molar-refractivity contribution in [3.8, 4) is 0 Å². The van der Waals surface area contributed by atoms with Crippen LogP contribution in [0.1, 0.15) is 19.3 Å². The number of sulfone groups is 1. The molecule has 0 aromatic heterocycles. The largest absolute Gasteiger partial charge is 0.501 e. The van der Waals surface area contributed by atoms with Crippen molar-refractivity contribution in [3.63, 3.8) is 0 Å². The van der Waals surface area contributed by atoms with Crippen molar-refractivity contribution in [3.05, 3.63) is 48.5 Å². The van der Waals surface area contributed by atoms with E-state index in [0.29, 0.717) is 24.8 Å². The summed E-state index contributed by atoms with van der Waals surface area (Å²) in [6.07, 6.45) is 2.72. The van der Waals surface area contributed by atoms with Crippen LogP contribution in [0.15, 0.2) is 63.2 Å². The molecule has 0 spiro atoms. The third-order valence-electron chi connectivity index (χ3n) is 5.42. The molecule has 0 bridgehead atoms. The van der Waals surface area contributed by atoms with Crippen molar-refractivity contribution in [1.29, 1.82) is 0 Å². The molecule has 1 atom stereocenters. The molecule has 1 saturated heterocycles. The maximum atomic E-state index is 13.4. The smallest absolute Gasteiger partial charge is 0.380 e. The Morgan fingerprint density at radius 1 is 1.03 bits per heavy atom. The zero-order chi connectivity index (χ0) is 25.0. The lowest BCUT2D eigenvalue weighted by atomic mass is 10.2. The summed E-state index contributed by atoms with van der Waals surface area (Å²) in [4.78, 5) is 1.33. The second-order valence-electron chi connectivity index (χ2n) is 7.95. The van der Waals surface area contributed by atoms with Gasteiger partial charge >= 0.3 is 5.51 Å². The highest BCUT2D eigenvalue weighted by molar-refractivity contribution is 7.99. The molecule has 1 aliphatic heterocycles. The van der Waals surface area contributed by atoms with Crippen LogP contribution in [0.4, 0.5) is 18.9 Å². The molecule has 188 valence electrons. The van der Waals surface area contributed by atoms with Gasteiger partial charge in [-0.05, 0) is 62.7 Å². The molecule has 0 aliphatic carbocycles. The van der Waals surface area contributed by atoms with Crippen LogP contribution >= 0.6 is 11.8 Å². The first kappa shape index (κ1) is 26.8. The lowest BCUT2D eigenvalue weighted by molar-refractivity contribution is -0.0435. The number of halogens is 3. The van der Waals surface area contributed by atoms with Crippen molar-refractivity contribution in [2.45, 2.75) is 45.5 Å². The van der Waals surface area contributed by atoms with Crippen LogP contribution in [0.25, 0.3) is 0 Å². The van der Waals surface area contributed by atoms with Crippen molar-refractivity contribution < 1.29 is 30.0 Å². The van der Waals surface area contributed by atoms with Gasteiger partial charge in [-0.3, -0.25) is 0 Å². The van der Waals surface area contributed by atoms with Gasteiger partial charge in [0, 0.05) is 23.2 Å². The Hall–Kier alpha value is -1.80. The van der Waals surface area contributed by atoms with Crippen molar-refractivity contribution in [2.75, 3.05) is 30.7 Å². The fourth-order valence-corrected chi connectivity index (χ4v) is 6.18. The summed E-state index contributed by atoms with van der Waals surface area (Å²) < 4.78 is 88.0. The first-order chi connectivity index (χ1) is 15.9. The minimum Gasteiger partial charge on any atom is -0.380 e. The van der Waals surface area contributed by atoms with E-state index in [9.17, 15) is 30.0 Å². The van der Waals surface area contributed by atoms with Crippen molar-refractivity contribution in [1.82, 2.24) is 4.90 Å². The van der Waals surface area contributed by atoms with Gasteiger partial charge in [0.05, 0.1) is 10.6 Å². The SMILES string of the molecule is NS(=O)(=O)c1ccc(NC(CCN2CCCC2)CSc2ccccc2)c(S(=O)(=O)C(F)(F)F)c1. The van der Waals surface area contributed by atoms with E-state index < -0.39 is 35.2 Å². The van der Waals surface area contributed by atoms with E-state index in [-0.39, 0.29) is 11.7 Å². The molecule has 2 aromatic carbocycles. The maximum absolute atomic E-state index is 13.4. The normalized spacial score (nSPS) is 16.5. The van der Waals surface area contributed by atoms with Gasteiger partial charge in [0.2, 0.25) is 10.0 Å². The quantitative estimate of drug-likeness (QED) is 0.445. The van der Waals surface area contributed by atoms with Crippen LogP contribution in [-0.2, 0) is 19.9 Å². The van der Waals surface area contributed by atoms with E-state index in [0.717, 1.165) is 43.0 Å². The lowest BCUT2D eigenvalue weighted by Crippen LogP contribution is -2.31. The number of primary sulfonamides is 1. The molecule has 0 amide bonds. The third-order valence-corrected chi connectivity index (χ3v) is 9.03. The predicted molar refractivity (Wildman–Crippen MR) is 126 cm³/mol. The molecular weight excluding hydrogens is 511 g/mol. The van der Waals surface area contributed by atoms with Gasteiger partial charge < -0.3 is 10.2 Å². The van der Waals surface area contributed by atoms with Crippen LogP contribution in [0, 0.1) is 0 Å². The van der Waals surface area contributed by atoms with Gasteiger partial charge in [-0.1, -0.05) is 18.2 Å². The van der Waals surface area contributed by atoms with E-state index in [1.165, 1.54) is 11.8 Å². The number of anilines is 1. The molecule has 1 unspecified atom stereocenters. The fraction of sp³-hybridized carbons (Fsp3) is 0.429. The van der Waals surface area contributed by atoms with E-state index >= 15 is 0 Å². The lowest BCUT2D eigenvalue weighted by Gasteiger charge is -2.24. The molecule has 34 heavy (non-hydrogen) atoms. The Balaban J connectivity index is 1.92. The van der Waals surface area contributed by atoms with Crippen molar-refractivity contribution >= 4 is 37.3 Å². The van der Waals surface area contributed by atoms with Crippen LogP contribution in [0.5, 0.6) is 0 Å². The summed E-state index contributed by atoms with van der Waals surface area (Å²) in [5, 5.41) is 7.96. The Bertz CT molecular complexity index is 1180. The average molecular weight is 538 g/mol. The second-order valence-corrected chi connectivity index (χ2v) is 12.5. The minimum atomic E-state index is -5.83. The van der Waals surface area contributed by atoms with E-state index in [2.05, 4.69) is 10.2 Å². The zero-order valence-electron chi connectivity index (χ0n) is 18.2. The van der Waals surface area contributed by atoms with Gasteiger partial charge in [-0.2, -0.15) is 13.2 Å². The van der Waals surface area contributed by atoms with Crippen LogP contribution in [-0.4, -0.2) is 58.7 Å². The molecule has 3 N–H and O–H groups in total. The minimum absolute atomic E-state index is 0.315.